The lowest BCUT2D eigenvalue weighted by Gasteiger charge is -2.25. The van der Waals surface area contributed by atoms with Crippen molar-refractivity contribution in [3.63, 3.8) is 0 Å². The molecule has 202 valence electrons. The SMILES string of the molecule is CC.CC(C)(C)CC(=O)NCC(=O)CC1CCC[C@@H](C=O)C1.CCCCC/C=C\[C@@H]1C[C@@H]1C(=O)O. The van der Waals surface area contributed by atoms with Gasteiger partial charge in [0.1, 0.15) is 6.29 Å². The third kappa shape index (κ3) is 17.1. The predicted molar refractivity (Wildman–Crippen MR) is 142 cm³/mol. The molecule has 0 saturated heterocycles. The van der Waals surface area contributed by atoms with E-state index in [-0.39, 0.29) is 35.5 Å². The highest BCUT2D eigenvalue weighted by molar-refractivity contribution is 5.86. The number of allylic oxidation sites excluding steroid dienone is 2. The van der Waals surface area contributed by atoms with E-state index in [1.807, 2.05) is 34.6 Å². The first-order valence-electron chi connectivity index (χ1n) is 13.7. The molecule has 2 aliphatic rings. The number of rotatable bonds is 12. The largest absolute Gasteiger partial charge is 0.481 e. The molecule has 0 aromatic heterocycles. The molecule has 2 N–H and O–H groups in total. The quantitative estimate of drug-likeness (QED) is 0.187. The molecule has 0 heterocycles. The van der Waals surface area contributed by atoms with Gasteiger partial charge in [0.15, 0.2) is 5.78 Å². The minimum Gasteiger partial charge on any atom is -0.481 e. The number of nitrogens with one attached hydrogen (secondary N) is 1. The van der Waals surface area contributed by atoms with Crippen LogP contribution in [-0.2, 0) is 19.2 Å². The number of carboxylic acids is 1. The molecule has 2 rings (SSSR count). The summed E-state index contributed by atoms with van der Waals surface area (Å²) in [6.07, 6.45) is 15.7. The molecule has 0 aliphatic heterocycles. The van der Waals surface area contributed by atoms with Gasteiger partial charge in [-0.05, 0) is 55.8 Å². The van der Waals surface area contributed by atoms with Gasteiger partial charge in [0.2, 0.25) is 5.91 Å². The van der Waals surface area contributed by atoms with Gasteiger partial charge in [-0.1, -0.05) is 73.0 Å². The number of hydrogen-bond donors (Lipinski definition) is 2. The monoisotopic (exact) mass is 493 g/mol. The maximum absolute atomic E-state index is 11.9. The summed E-state index contributed by atoms with van der Waals surface area (Å²) in [5.41, 5.74) is -0.0618. The average molecular weight is 494 g/mol. The van der Waals surface area contributed by atoms with Crippen LogP contribution in [0.4, 0.5) is 0 Å². The standard InChI is InChI=1S/C16H27NO3.C11H18O2.C2H6/c1-16(2,3)9-15(20)17-10-14(19)8-12-5-4-6-13(7-12)11-18;1-2-3-4-5-6-7-9-8-10(9)11(12)13;1-2/h11-13H,4-10H2,1-3H3,(H,17,20);6-7,9-10H,2-5,8H2,1H3,(H,12,13);1-2H3/b;7-6-;/t12?,13-;9-,10+;/m11./s1. The molecule has 1 amide bonds. The average Bonchev–Trinajstić information content (AvgIpc) is 3.58. The number of carbonyl (C=O) groups excluding carboxylic acids is 3. The second-order valence-electron chi connectivity index (χ2n) is 11.0. The molecule has 0 bridgehead atoms. The number of hydrogen-bond acceptors (Lipinski definition) is 4. The van der Waals surface area contributed by atoms with Crippen molar-refractivity contribution in [2.45, 2.75) is 112 Å². The van der Waals surface area contributed by atoms with Gasteiger partial charge in [0, 0.05) is 18.8 Å². The zero-order valence-corrected chi connectivity index (χ0v) is 23.1. The number of Topliss-reactive ketones (excluding diaryl/α,β-unsaturated/α-hetero) is 1. The lowest BCUT2D eigenvalue weighted by molar-refractivity contribution is -0.138. The van der Waals surface area contributed by atoms with Gasteiger partial charge in [0.05, 0.1) is 12.5 Å². The molecular weight excluding hydrogens is 442 g/mol. The third-order valence-corrected chi connectivity index (χ3v) is 6.22. The predicted octanol–water partition coefficient (Wildman–Crippen LogP) is 6.37. The van der Waals surface area contributed by atoms with Crippen molar-refractivity contribution in [1.29, 1.82) is 0 Å². The molecule has 0 aromatic rings. The molecule has 0 radical (unpaired) electrons. The summed E-state index contributed by atoms with van der Waals surface area (Å²) in [4.78, 5) is 44.8. The second-order valence-corrected chi connectivity index (χ2v) is 11.0. The van der Waals surface area contributed by atoms with Gasteiger partial charge in [0.25, 0.3) is 0 Å². The first kappa shape index (κ1) is 33.0. The number of amides is 1. The molecular formula is C29H51NO5. The van der Waals surface area contributed by atoms with Crippen LogP contribution in [0, 0.1) is 29.1 Å². The molecule has 6 nitrogen and oxygen atoms in total. The summed E-state index contributed by atoms with van der Waals surface area (Å²) in [6, 6.07) is 0. The Kier molecular flexibility index (Phi) is 17.3. The van der Waals surface area contributed by atoms with E-state index in [9.17, 15) is 19.2 Å². The van der Waals surface area contributed by atoms with Crippen molar-refractivity contribution in [2.75, 3.05) is 6.54 Å². The van der Waals surface area contributed by atoms with E-state index in [4.69, 9.17) is 5.11 Å². The minimum atomic E-state index is -0.636. The molecule has 2 fully saturated rings. The molecule has 1 unspecified atom stereocenters. The van der Waals surface area contributed by atoms with Crippen LogP contribution in [0.15, 0.2) is 12.2 Å². The highest BCUT2D eigenvalue weighted by atomic mass is 16.4. The van der Waals surface area contributed by atoms with Gasteiger partial charge in [-0.25, -0.2) is 0 Å². The Morgan fingerprint density at radius 2 is 1.74 bits per heavy atom. The number of unbranched alkanes of at least 4 members (excludes halogenated alkanes) is 3. The Bertz CT molecular complexity index is 664. The molecule has 0 aromatic carbocycles. The fourth-order valence-corrected chi connectivity index (χ4v) is 4.27. The highest BCUT2D eigenvalue weighted by Gasteiger charge is 2.40. The lowest BCUT2D eigenvalue weighted by Crippen LogP contribution is -2.33. The van der Waals surface area contributed by atoms with Crippen LogP contribution in [0.25, 0.3) is 0 Å². The normalized spacial score (nSPS) is 23.3. The zero-order valence-electron chi connectivity index (χ0n) is 23.1. The summed E-state index contributed by atoms with van der Waals surface area (Å²) in [6.45, 7) is 12.3. The van der Waals surface area contributed by atoms with Crippen molar-refractivity contribution in [3.8, 4) is 0 Å². The fourth-order valence-electron chi connectivity index (χ4n) is 4.27. The van der Waals surface area contributed by atoms with E-state index in [1.54, 1.807) is 0 Å². The lowest BCUT2D eigenvalue weighted by atomic mass is 9.80. The van der Waals surface area contributed by atoms with Crippen LogP contribution in [0.3, 0.4) is 0 Å². The van der Waals surface area contributed by atoms with Crippen LogP contribution < -0.4 is 5.32 Å². The van der Waals surface area contributed by atoms with Crippen LogP contribution in [0.2, 0.25) is 0 Å². The summed E-state index contributed by atoms with van der Waals surface area (Å²) in [7, 11) is 0. The van der Waals surface area contributed by atoms with Crippen molar-refractivity contribution in [2.24, 2.45) is 29.1 Å². The Labute approximate surface area is 213 Å². The molecule has 4 atom stereocenters. The van der Waals surface area contributed by atoms with Gasteiger partial charge >= 0.3 is 5.97 Å². The van der Waals surface area contributed by atoms with E-state index >= 15 is 0 Å². The molecule has 2 aliphatic carbocycles. The number of ketones is 1. The third-order valence-electron chi connectivity index (χ3n) is 6.22. The van der Waals surface area contributed by atoms with Crippen molar-refractivity contribution < 1.29 is 24.3 Å². The summed E-state index contributed by atoms with van der Waals surface area (Å²) in [5.74, 6) is 0.0526. The van der Waals surface area contributed by atoms with E-state index in [1.165, 1.54) is 19.3 Å². The van der Waals surface area contributed by atoms with Crippen molar-refractivity contribution >= 4 is 23.9 Å². The Hall–Kier alpha value is -1.98. The number of aliphatic carboxylic acids is 1. The second kappa shape index (κ2) is 18.3. The van der Waals surface area contributed by atoms with Gasteiger partial charge < -0.3 is 15.2 Å². The molecule has 2 saturated carbocycles. The highest BCUT2D eigenvalue weighted by Crippen LogP contribution is 2.39. The van der Waals surface area contributed by atoms with Crippen molar-refractivity contribution in [1.82, 2.24) is 5.32 Å². The first-order valence-corrected chi connectivity index (χ1v) is 13.7. The van der Waals surface area contributed by atoms with Crippen LogP contribution in [-0.4, -0.2) is 35.6 Å². The molecule has 0 spiro atoms. The topological polar surface area (TPSA) is 101 Å². The van der Waals surface area contributed by atoms with Crippen LogP contribution in [0.1, 0.15) is 112 Å². The minimum absolute atomic E-state index is 0.0618. The smallest absolute Gasteiger partial charge is 0.307 e. The summed E-state index contributed by atoms with van der Waals surface area (Å²) >= 11 is 0. The Morgan fingerprint density at radius 1 is 1.06 bits per heavy atom. The van der Waals surface area contributed by atoms with Crippen LogP contribution >= 0.6 is 0 Å². The van der Waals surface area contributed by atoms with Gasteiger partial charge in [-0.3, -0.25) is 14.4 Å². The molecule has 35 heavy (non-hydrogen) atoms. The molecule has 6 heteroatoms. The van der Waals surface area contributed by atoms with Crippen LogP contribution in [0.5, 0.6) is 0 Å². The van der Waals surface area contributed by atoms with Crippen molar-refractivity contribution in [3.05, 3.63) is 12.2 Å². The van der Waals surface area contributed by atoms with E-state index in [2.05, 4.69) is 24.4 Å². The van der Waals surface area contributed by atoms with E-state index in [0.717, 1.165) is 44.8 Å². The first-order chi connectivity index (χ1) is 16.6. The van der Waals surface area contributed by atoms with Gasteiger partial charge in [-0.2, -0.15) is 0 Å². The number of carbonyl (C=O) groups is 4. The number of aldehydes is 1. The zero-order chi connectivity index (χ0) is 26.9. The van der Waals surface area contributed by atoms with E-state index in [0.29, 0.717) is 24.7 Å². The maximum atomic E-state index is 11.9. The Morgan fingerprint density at radius 3 is 2.29 bits per heavy atom. The summed E-state index contributed by atoms with van der Waals surface area (Å²) < 4.78 is 0. The Balaban J connectivity index is 0.000000665. The maximum Gasteiger partial charge on any atom is 0.307 e. The van der Waals surface area contributed by atoms with Gasteiger partial charge in [-0.15, -0.1) is 0 Å². The fraction of sp³-hybridized carbons (Fsp3) is 0.793. The number of carboxylic acid groups (broad SMARTS) is 1. The summed E-state index contributed by atoms with van der Waals surface area (Å²) in [5, 5.41) is 11.3. The van der Waals surface area contributed by atoms with E-state index < -0.39 is 5.97 Å².